The van der Waals surface area contributed by atoms with Gasteiger partial charge in [0, 0.05) is 22.6 Å². The minimum atomic E-state index is -1.08. The number of ether oxygens (including phenoxy) is 2. The third-order valence-electron chi connectivity index (χ3n) is 12.1. The molecule has 0 aliphatic carbocycles. The normalized spacial score (nSPS) is 11.1. The molecule has 0 amide bonds. The Bertz CT molecular complexity index is 3600. The van der Waals surface area contributed by atoms with Crippen LogP contribution in [0.1, 0.15) is 65.7 Å². The highest BCUT2D eigenvalue weighted by Crippen LogP contribution is 2.29. The van der Waals surface area contributed by atoms with Gasteiger partial charge < -0.3 is 19.7 Å². The van der Waals surface area contributed by atoms with Gasteiger partial charge in [0.1, 0.15) is 28.7 Å². The van der Waals surface area contributed by atoms with Crippen molar-refractivity contribution in [2.75, 3.05) is 0 Å². The third-order valence-corrected chi connectivity index (χ3v) is 12.1. The molecule has 0 aliphatic rings. The van der Waals surface area contributed by atoms with Crippen molar-refractivity contribution in [3.8, 4) is 46.0 Å². The molecule has 0 aliphatic heterocycles. The molecule has 6 aromatic carbocycles. The van der Waals surface area contributed by atoms with Crippen LogP contribution in [0.3, 0.4) is 0 Å². The van der Waals surface area contributed by atoms with Gasteiger partial charge in [-0.1, -0.05) is 103 Å². The summed E-state index contributed by atoms with van der Waals surface area (Å²) in [5.74, 6) is 6.92. The molecular formula is C58H44N6O6. The van der Waals surface area contributed by atoms with Crippen molar-refractivity contribution < 1.29 is 29.3 Å². The number of carbonyl (C=O) groups is 2. The number of pyridine rings is 2. The number of carboxylic acid groups (broad SMARTS) is 2. The van der Waals surface area contributed by atoms with Crippen LogP contribution in [0, 0.1) is 25.7 Å². The summed E-state index contributed by atoms with van der Waals surface area (Å²) in [5.41, 5.74) is 9.34. The molecule has 12 heteroatoms. The van der Waals surface area contributed by atoms with Crippen LogP contribution >= 0.6 is 0 Å². The number of rotatable bonds is 14. The van der Waals surface area contributed by atoms with Crippen LogP contribution in [0.25, 0.3) is 33.2 Å². The third kappa shape index (κ3) is 9.86. The maximum atomic E-state index is 12.5. The highest BCUT2D eigenvalue weighted by Gasteiger charge is 2.21. The summed E-state index contributed by atoms with van der Waals surface area (Å²) in [6.07, 6.45) is 1.36. The first-order valence-electron chi connectivity index (χ1n) is 22.7. The number of fused-ring (bicyclic) bond motifs is 2. The minimum absolute atomic E-state index is 0.0970. The van der Waals surface area contributed by atoms with Crippen molar-refractivity contribution in [2.45, 2.75) is 39.8 Å². The molecule has 4 heterocycles. The van der Waals surface area contributed by atoms with E-state index >= 15 is 0 Å². The summed E-state index contributed by atoms with van der Waals surface area (Å²) in [4.78, 5) is 34.2. The monoisotopic (exact) mass is 920 g/mol. The number of aryl methyl sites for hydroxylation is 4. The summed E-state index contributed by atoms with van der Waals surface area (Å²) in [5, 5.41) is 30.7. The number of aromatic nitrogens is 6. The Labute approximate surface area is 403 Å². The van der Waals surface area contributed by atoms with E-state index in [0.717, 1.165) is 51.2 Å². The molecule has 2 N–H and O–H groups in total. The smallest absolute Gasteiger partial charge is 0.336 e. The molecule has 4 aromatic heterocycles. The number of hydrogen-bond donors (Lipinski definition) is 2. The van der Waals surface area contributed by atoms with E-state index in [1.54, 1.807) is 15.4 Å². The first kappa shape index (κ1) is 44.5. The molecule has 0 bridgehead atoms. The fourth-order valence-electron chi connectivity index (χ4n) is 8.39. The Hall–Kier alpha value is -9.34. The lowest BCUT2D eigenvalue weighted by molar-refractivity contribution is 0.0688. The average molecular weight is 921 g/mol. The predicted molar refractivity (Wildman–Crippen MR) is 268 cm³/mol. The van der Waals surface area contributed by atoms with Gasteiger partial charge in [0.25, 0.3) is 0 Å². The van der Waals surface area contributed by atoms with Gasteiger partial charge in [0.2, 0.25) is 0 Å². The molecule has 10 aromatic rings. The van der Waals surface area contributed by atoms with Crippen LogP contribution in [0.4, 0.5) is 0 Å². The molecule has 0 atom stereocenters. The average Bonchev–Trinajstić information content (AvgIpc) is 3.87. The first-order valence-corrected chi connectivity index (χ1v) is 22.7. The predicted octanol–water partition coefficient (Wildman–Crippen LogP) is 11.7. The summed E-state index contributed by atoms with van der Waals surface area (Å²) < 4.78 is 15.7. The molecule has 10 rings (SSSR count). The maximum absolute atomic E-state index is 12.5. The van der Waals surface area contributed by atoms with E-state index in [2.05, 4.69) is 29.0 Å². The lowest BCUT2D eigenvalue weighted by Gasteiger charge is -2.09. The van der Waals surface area contributed by atoms with Gasteiger partial charge in [-0.25, -0.2) is 19.6 Å². The van der Waals surface area contributed by atoms with Crippen LogP contribution in [-0.2, 0) is 25.9 Å². The van der Waals surface area contributed by atoms with Crippen molar-refractivity contribution in [3.63, 3.8) is 0 Å². The zero-order valence-electron chi connectivity index (χ0n) is 38.2. The van der Waals surface area contributed by atoms with Crippen LogP contribution in [-0.4, -0.2) is 51.7 Å². The first-order chi connectivity index (χ1) is 34.1. The molecule has 0 saturated heterocycles. The Morgan fingerprint density at radius 3 is 1.49 bits per heavy atom. The number of aromatic carboxylic acids is 2. The van der Waals surface area contributed by atoms with E-state index in [1.807, 2.05) is 159 Å². The summed E-state index contributed by atoms with van der Waals surface area (Å²) in [6, 6.07) is 53.9. The van der Waals surface area contributed by atoms with Crippen molar-refractivity contribution in [2.24, 2.45) is 0 Å². The zero-order valence-corrected chi connectivity index (χ0v) is 38.2. The number of nitrogens with zero attached hydrogens (tertiary/aromatic N) is 6. The van der Waals surface area contributed by atoms with Crippen molar-refractivity contribution in [1.29, 1.82) is 0 Å². The van der Waals surface area contributed by atoms with E-state index in [0.29, 0.717) is 75.9 Å². The Morgan fingerprint density at radius 2 is 0.957 bits per heavy atom. The fraction of sp³-hybridized carbons (Fsp3) is 0.103. The number of carboxylic acids is 2. The van der Waals surface area contributed by atoms with Gasteiger partial charge in [-0.2, -0.15) is 10.2 Å². The van der Waals surface area contributed by atoms with Crippen LogP contribution in [0.5, 0.6) is 23.0 Å². The van der Waals surface area contributed by atoms with Gasteiger partial charge in [0.15, 0.2) is 11.3 Å². The van der Waals surface area contributed by atoms with Crippen LogP contribution in [0.2, 0.25) is 0 Å². The molecule has 0 fully saturated rings. The quantitative estimate of drug-likeness (QED) is 0.101. The van der Waals surface area contributed by atoms with E-state index in [4.69, 9.17) is 24.7 Å². The summed E-state index contributed by atoms with van der Waals surface area (Å²) in [7, 11) is 0. The van der Waals surface area contributed by atoms with Crippen LogP contribution < -0.4 is 9.47 Å². The highest BCUT2D eigenvalue weighted by molar-refractivity contribution is 6.03. The summed E-state index contributed by atoms with van der Waals surface area (Å²) >= 11 is 0. The largest absolute Gasteiger partial charge is 0.478 e. The number of para-hydroxylation sites is 1. The van der Waals surface area contributed by atoms with Gasteiger partial charge in [0.05, 0.1) is 35.0 Å². The van der Waals surface area contributed by atoms with Gasteiger partial charge in [-0.05, 0) is 133 Å². The second-order valence-corrected chi connectivity index (χ2v) is 16.9. The molecule has 0 unspecified atom stereocenters. The SMILES string of the molecule is Cc1c2c(C(=O)O)cc(C#Cc3ccc(-c4ccc(Oc5ccc(Cn6nc7nc(CCc8ccccc8)cc(C(=O)O)c7c6C)cc5)cc4)cc3)nc2nn1Cc1ccc(Oc2ccccc2)cc1. The van der Waals surface area contributed by atoms with Gasteiger partial charge in [-0.15, -0.1) is 0 Å². The molecule has 342 valence electrons. The lowest BCUT2D eigenvalue weighted by atomic mass is 10.0. The molecule has 0 radical (unpaired) electrons. The molecule has 12 nitrogen and oxygen atoms in total. The van der Waals surface area contributed by atoms with E-state index in [-0.39, 0.29) is 11.1 Å². The minimum Gasteiger partial charge on any atom is -0.478 e. The number of hydrogen-bond acceptors (Lipinski definition) is 8. The second kappa shape index (κ2) is 19.5. The maximum Gasteiger partial charge on any atom is 0.336 e. The standard InChI is InChI=1S/C58H44N6O6/c1-37-53-51(57(65)66)33-45(25-15-39-9-5-3-6-10-39)59-55(53)61-64(37)36-42-19-29-49(30-20-42)70-50-31-23-44(24-32-50)43-21-13-40(14-22-43)16-26-46-34-52(58(67)68)54-38(2)63(62-56(54)60-46)35-41-17-27-48(28-18-41)69-47-11-7-4-8-12-47/h3-14,17-24,27-34H,15,25,35-36H2,1-2H3,(H,65,66)(H,67,68). The number of benzene rings is 6. The molecule has 70 heavy (non-hydrogen) atoms. The van der Waals surface area contributed by atoms with E-state index in [1.165, 1.54) is 6.07 Å². The van der Waals surface area contributed by atoms with Crippen LogP contribution in [0.15, 0.2) is 170 Å². The Balaban J connectivity index is 0.772. The Morgan fingerprint density at radius 1 is 0.500 bits per heavy atom. The summed E-state index contributed by atoms with van der Waals surface area (Å²) in [6.45, 7) is 4.58. The van der Waals surface area contributed by atoms with Gasteiger partial charge in [-0.3, -0.25) is 9.36 Å². The van der Waals surface area contributed by atoms with E-state index < -0.39 is 11.9 Å². The molecule has 0 saturated carbocycles. The second-order valence-electron chi connectivity index (χ2n) is 16.9. The zero-order chi connectivity index (χ0) is 48.1. The van der Waals surface area contributed by atoms with Crippen molar-refractivity contribution >= 4 is 34.0 Å². The van der Waals surface area contributed by atoms with Gasteiger partial charge >= 0.3 is 11.9 Å². The van der Waals surface area contributed by atoms with Crippen molar-refractivity contribution in [1.82, 2.24) is 29.5 Å². The lowest BCUT2D eigenvalue weighted by Crippen LogP contribution is -2.04. The highest BCUT2D eigenvalue weighted by atomic mass is 16.5. The molecular weight excluding hydrogens is 877 g/mol. The fourth-order valence-corrected chi connectivity index (χ4v) is 8.39. The Kier molecular flexibility index (Phi) is 12.4. The van der Waals surface area contributed by atoms with E-state index in [9.17, 15) is 19.8 Å². The van der Waals surface area contributed by atoms with Crippen molar-refractivity contribution in [3.05, 3.63) is 226 Å². The topological polar surface area (TPSA) is 154 Å². The molecule has 0 spiro atoms.